The quantitative estimate of drug-likeness (QED) is 0.445. The summed E-state index contributed by atoms with van der Waals surface area (Å²) in [7, 11) is 0. The summed E-state index contributed by atoms with van der Waals surface area (Å²) >= 11 is 0. The first-order valence-corrected chi connectivity index (χ1v) is 3.31. The van der Waals surface area contributed by atoms with Crippen LogP contribution in [0.5, 0.6) is 0 Å². The Morgan fingerprint density at radius 2 is 2.00 bits per heavy atom. The van der Waals surface area contributed by atoms with Crippen LogP contribution in [0.2, 0.25) is 0 Å². The van der Waals surface area contributed by atoms with Crippen molar-refractivity contribution in [2.24, 2.45) is 0 Å². The largest absolute Gasteiger partial charge is 0.434 e. The van der Waals surface area contributed by atoms with Gasteiger partial charge in [0.05, 0.1) is 0 Å². The van der Waals surface area contributed by atoms with Crippen LogP contribution in [-0.4, -0.2) is 18.4 Å². The lowest BCUT2D eigenvalue weighted by Gasteiger charge is -2.23. The minimum atomic E-state index is -0.777. The van der Waals surface area contributed by atoms with Gasteiger partial charge in [0.25, 0.3) is 0 Å². The molecule has 0 aliphatic rings. The van der Waals surface area contributed by atoms with E-state index >= 15 is 0 Å². The molecule has 0 aliphatic heterocycles. The highest BCUT2D eigenvalue weighted by Gasteiger charge is 2.19. The predicted octanol–water partition coefficient (Wildman–Crippen LogP) is 1.32. The monoisotopic (exact) mass is 146 g/mol. The van der Waals surface area contributed by atoms with Crippen LogP contribution in [0.25, 0.3) is 0 Å². The van der Waals surface area contributed by atoms with Crippen molar-refractivity contribution >= 4 is 5.97 Å². The van der Waals surface area contributed by atoms with Gasteiger partial charge >= 0.3 is 5.97 Å². The molecule has 0 saturated heterocycles. The molecule has 0 aromatic rings. The summed E-state index contributed by atoms with van der Waals surface area (Å²) in [5.74, 6) is -1.10. The Morgan fingerprint density at radius 1 is 1.50 bits per heavy atom. The molecule has 0 aromatic carbocycles. The van der Waals surface area contributed by atoms with Gasteiger partial charge in [0, 0.05) is 27.4 Å². The van der Waals surface area contributed by atoms with E-state index in [0.717, 1.165) is 0 Å². The summed E-state index contributed by atoms with van der Waals surface area (Å²) in [6, 6.07) is 0. The Bertz CT molecular complexity index is 118. The first-order chi connectivity index (χ1) is 4.48. The average molecular weight is 146 g/mol. The molecule has 10 heavy (non-hydrogen) atoms. The fourth-order valence-electron chi connectivity index (χ4n) is 0.723. The number of esters is 1. The lowest BCUT2D eigenvalue weighted by Crippen LogP contribution is -2.30. The zero-order valence-corrected chi connectivity index (χ0v) is 6.93. The van der Waals surface area contributed by atoms with Crippen LogP contribution < -0.4 is 0 Å². The smallest absolute Gasteiger partial charge is 0.305 e. The van der Waals surface area contributed by atoms with E-state index in [1.807, 2.05) is 6.92 Å². The number of carbonyl (C=O) groups is 1. The van der Waals surface area contributed by atoms with Gasteiger partial charge in [0.2, 0.25) is 5.79 Å². The second-order valence-electron chi connectivity index (χ2n) is 2.43. The number of carbonyl (C=O) groups excluding carboxylic acids is 1. The first kappa shape index (κ1) is 9.43. The third-order valence-electron chi connectivity index (χ3n) is 0.881. The van der Waals surface area contributed by atoms with Gasteiger partial charge in [-0.05, 0) is 6.92 Å². The van der Waals surface area contributed by atoms with Crippen molar-refractivity contribution in [2.75, 3.05) is 6.61 Å². The van der Waals surface area contributed by atoms with Crippen molar-refractivity contribution in [3.8, 4) is 0 Å². The van der Waals surface area contributed by atoms with E-state index in [-0.39, 0.29) is 5.97 Å². The Kier molecular flexibility index (Phi) is 3.36. The van der Waals surface area contributed by atoms with Crippen LogP contribution in [0, 0.1) is 0 Å². The van der Waals surface area contributed by atoms with E-state index in [9.17, 15) is 4.79 Å². The molecule has 0 N–H and O–H groups in total. The average Bonchev–Trinajstić information content (AvgIpc) is 1.59. The topological polar surface area (TPSA) is 35.5 Å². The van der Waals surface area contributed by atoms with E-state index in [4.69, 9.17) is 9.47 Å². The number of hydrogen-bond acceptors (Lipinski definition) is 3. The van der Waals surface area contributed by atoms with E-state index in [1.54, 1.807) is 13.8 Å². The molecule has 0 unspecified atom stereocenters. The summed E-state index contributed by atoms with van der Waals surface area (Å²) in [6.45, 7) is 7.17. The Hall–Kier alpha value is -0.570. The van der Waals surface area contributed by atoms with Crippen LogP contribution in [0.3, 0.4) is 0 Å². The fourth-order valence-corrected chi connectivity index (χ4v) is 0.723. The van der Waals surface area contributed by atoms with Crippen molar-refractivity contribution in [3.05, 3.63) is 0 Å². The Morgan fingerprint density at radius 3 is 2.30 bits per heavy atom. The highest BCUT2D eigenvalue weighted by Crippen LogP contribution is 2.10. The maximum absolute atomic E-state index is 10.4. The highest BCUT2D eigenvalue weighted by molar-refractivity contribution is 5.66. The molecule has 0 atom stereocenters. The number of hydrogen-bond donors (Lipinski definition) is 0. The summed E-state index contributed by atoms with van der Waals surface area (Å²) in [4.78, 5) is 10.4. The Balaban J connectivity index is 3.74. The normalized spacial score (nSPS) is 11.2. The Labute approximate surface area is 61.3 Å². The maximum atomic E-state index is 10.4. The van der Waals surface area contributed by atoms with Crippen LogP contribution >= 0.6 is 0 Å². The molecule has 3 nitrogen and oxygen atoms in total. The summed E-state index contributed by atoms with van der Waals surface area (Å²) in [5, 5.41) is 0. The molecule has 0 spiro atoms. The van der Waals surface area contributed by atoms with Crippen molar-refractivity contribution in [3.63, 3.8) is 0 Å². The van der Waals surface area contributed by atoms with Gasteiger partial charge in [-0.25, -0.2) is 0 Å². The second-order valence-corrected chi connectivity index (χ2v) is 2.43. The molecule has 0 bridgehead atoms. The summed E-state index contributed by atoms with van der Waals surface area (Å²) in [6.07, 6.45) is 0. The molecule has 0 saturated carbocycles. The van der Waals surface area contributed by atoms with Crippen molar-refractivity contribution in [1.82, 2.24) is 0 Å². The third-order valence-corrected chi connectivity index (χ3v) is 0.881. The molecule has 0 aliphatic carbocycles. The second kappa shape index (κ2) is 3.56. The lowest BCUT2D eigenvalue weighted by atomic mass is 10.4. The predicted molar refractivity (Wildman–Crippen MR) is 37.5 cm³/mol. The number of rotatable bonds is 3. The van der Waals surface area contributed by atoms with Gasteiger partial charge < -0.3 is 9.47 Å². The standard InChI is InChI=1S/C7H14O3/c1-5-9-7(3,4)10-6(2)8/h5H2,1-4H3. The minimum absolute atomic E-state index is 0.321. The molecule has 0 heterocycles. The highest BCUT2D eigenvalue weighted by atomic mass is 16.7. The van der Waals surface area contributed by atoms with Gasteiger partial charge in [-0.1, -0.05) is 0 Å². The number of ether oxygens (including phenoxy) is 2. The van der Waals surface area contributed by atoms with Crippen molar-refractivity contribution in [2.45, 2.75) is 33.5 Å². The fraction of sp³-hybridized carbons (Fsp3) is 0.857. The molecule has 0 radical (unpaired) electrons. The van der Waals surface area contributed by atoms with Crippen molar-refractivity contribution in [1.29, 1.82) is 0 Å². The molecule has 3 heteroatoms. The van der Waals surface area contributed by atoms with Gasteiger partial charge in [0.15, 0.2) is 0 Å². The molecular weight excluding hydrogens is 132 g/mol. The zero-order chi connectivity index (χ0) is 8.20. The molecule has 0 fully saturated rings. The molecular formula is C7H14O3. The van der Waals surface area contributed by atoms with Crippen molar-refractivity contribution < 1.29 is 14.3 Å². The van der Waals surface area contributed by atoms with Crippen LogP contribution in [0.4, 0.5) is 0 Å². The lowest BCUT2D eigenvalue weighted by molar-refractivity contribution is -0.211. The van der Waals surface area contributed by atoms with E-state index in [2.05, 4.69) is 0 Å². The maximum Gasteiger partial charge on any atom is 0.305 e. The molecule has 60 valence electrons. The van der Waals surface area contributed by atoms with Crippen LogP contribution in [-0.2, 0) is 14.3 Å². The summed E-state index contributed by atoms with van der Waals surface area (Å²) < 4.78 is 9.91. The third kappa shape index (κ3) is 4.32. The van der Waals surface area contributed by atoms with Crippen LogP contribution in [0.15, 0.2) is 0 Å². The van der Waals surface area contributed by atoms with Gasteiger partial charge in [-0.3, -0.25) is 4.79 Å². The molecule has 0 rings (SSSR count). The minimum Gasteiger partial charge on any atom is -0.434 e. The van der Waals surface area contributed by atoms with E-state index in [0.29, 0.717) is 6.61 Å². The van der Waals surface area contributed by atoms with Crippen LogP contribution in [0.1, 0.15) is 27.7 Å². The molecule has 0 amide bonds. The zero-order valence-electron chi connectivity index (χ0n) is 6.93. The first-order valence-electron chi connectivity index (χ1n) is 3.31. The van der Waals surface area contributed by atoms with E-state index in [1.165, 1.54) is 6.92 Å². The van der Waals surface area contributed by atoms with Gasteiger partial charge in [0.1, 0.15) is 0 Å². The van der Waals surface area contributed by atoms with E-state index < -0.39 is 5.79 Å². The van der Waals surface area contributed by atoms with Gasteiger partial charge in [-0.2, -0.15) is 0 Å². The van der Waals surface area contributed by atoms with Gasteiger partial charge in [-0.15, -0.1) is 0 Å². The SMILES string of the molecule is CCOC(C)(C)OC(C)=O. The summed E-state index contributed by atoms with van der Waals surface area (Å²) in [5.41, 5.74) is 0. The molecule has 0 aromatic heterocycles.